The van der Waals surface area contributed by atoms with E-state index in [1.165, 1.54) is 13.0 Å². The zero-order valence-electron chi connectivity index (χ0n) is 27.1. The van der Waals surface area contributed by atoms with Crippen molar-refractivity contribution in [3.63, 3.8) is 0 Å². The number of allylic oxidation sites excluding steroid dienone is 4. The number of Topliss-reactive ketones (excluding diaryl/α,β-unsaturated/α-hetero) is 1. The predicted octanol–water partition coefficient (Wildman–Crippen LogP) is 6.25. The Bertz CT molecular complexity index is 1210. The number of hydrogen-bond donors (Lipinski definition) is 1. The highest BCUT2D eigenvalue weighted by atomic mass is 28.4. The molecular formula is C33H50FNO7Si. The lowest BCUT2D eigenvalue weighted by molar-refractivity contribution is -0.215. The molecule has 1 amide bonds. The Morgan fingerprint density at radius 3 is 2.33 bits per heavy atom. The molecule has 3 saturated carbocycles. The van der Waals surface area contributed by atoms with Crippen molar-refractivity contribution in [2.75, 3.05) is 13.2 Å². The normalized spacial score (nSPS) is 38.3. The summed E-state index contributed by atoms with van der Waals surface area (Å²) in [5.41, 5.74) is -4.77. The molecule has 0 bridgehead atoms. The van der Waals surface area contributed by atoms with Gasteiger partial charge in [0.2, 0.25) is 5.78 Å². The summed E-state index contributed by atoms with van der Waals surface area (Å²) in [5, 5.41) is 2.67. The lowest BCUT2D eigenvalue weighted by Crippen LogP contribution is -2.71. The minimum absolute atomic E-state index is 0.132. The molecule has 0 spiro atoms. The van der Waals surface area contributed by atoms with Crippen molar-refractivity contribution < 1.29 is 37.5 Å². The summed E-state index contributed by atoms with van der Waals surface area (Å²) in [6.07, 6.45) is 4.84. The average molecular weight is 620 g/mol. The van der Waals surface area contributed by atoms with Crippen LogP contribution in [-0.2, 0) is 28.3 Å². The summed E-state index contributed by atoms with van der Waals surface area (Å²) in [5.74, 6) is -2.54. The van der Waals surface area contributed by atoms with Crippen molar-refractivity contribution in [1.29, 1.82) is 0 Å². The van der Waals surface area contributed by atoms with E-state index < -0.39 is 72.8 Å². The van der Waals surface area contributed by atoms with Gasteiger partial charge in [-0.05, 0) is 75.7 Å². The first-order chi connectivity index (χ1) is 20.1. The number of hydrogen-bond acceptors (Lipinski definition) is 7. The van der Waals surface area contributed by atoms with Crippen molar-refractivity contribution in [2.24, 2.45) is 28.6 Å². The second kappa shape index (κ2) is 11.9. The Balaban J connectivity index is 1.93. The Kier molecular flexibility index (Phi) is 9.27. The molecule has 3 fully saturated rings. The molecule has 0 saturated heterocycles. The molecule has 1 N–H and O–H groups in total. The standard InChI is InChI=1S/C33H50FNO7Si/c1-9-35-29(39)41-33(27(38)20-40-22(6)36)21(5)17-26-25-14-13-23-18-24(37)15-16-30(23,7)32(25,34)28(19-31(26,33)8)42-43(10-2,11-3)12-4/h15-16,18,21,25-26,28H,9-14,17,19-20H2,1-8H3,(H,35,39)/t21-,25-,26-,28-,30-,31-,32-,33-/m0/s1. The van der Waals surface area contributed by atoms with Crippen LogP contribution < -0.4 is 5.32 Å². The van der Waals surface area contributed by atoms with E-state index >= 15 is 4.39 Å². The molecule has 8 atom stereocenters. The van der Waals surface area contributed by atoms with E-state index in [1.807, 2.05) is 20.8 Å². The molecule has 0 radical (unpaired) electrons. The fourth-order valence-corrected chi connectivity index (χ4v) is 12.3. The second-order valence-corrected chi connectivity index (χ2v) is 18.3. The lowest BCUT2D eigenvalue weighted by Gasteiger charge is -2.64. The van der Waals surface area contributed by atoms with Crippen LogP contribution in [0, 0.1) is 28.6 Å². The molecule has 4 rings (SSSR count). The molecule has 4 aliphatic rings. The van der Waals surface area contributed by atoms with Crippen molar-refractivity contribution in [3.8, 4) is 0 Å². The highest BCUT2D eigenvalue weighted by Crippen LogP contribution is 2.72. The highest BCUT2D eigenvalue weighted by Gasteiger charge is 2.78. The van der Waals surface area contributed by atoms with Gasteiger partial charge >= 0.3 is 12.1 Å². The molecule has 0 unspecified atom stereocenters. The minimum atomic E-state index is -2.40. The molecule has 10 heteroatoms. The number of rotatable bonds is 10. The van der Waals surface area contributed by atoms with Crippen LogP contribution in [0.3, 0.4) is 0 Å². The first-order valence-corrected chi connectivity index (χ1v) is 18.6. The number of ketones is 2. The quantitative estimate of drug-likeness (QED) is 0.228. The zero-order chi connectivity index (χ0) is 32.0. The molecule has 0 aromatic heterocycles. The molecule has 0 aliphatic heterocycles. The predicted molar refractivity (Wildman–Crippen MR) is 163 cm³/mol. The Hall–Kier alpha value is -2.33. The maximum Gasteiger partial charge on any atom is 0.408 e. The van der Waals surface area contributed by atoms with Crippen molar-refractivity contribution in [3.05, 3.63) is 23.8 Å². The number of alkyl halides is 1. The van der Waals surface area contributed by atoms with E-state index in [1.54, 1.807) is 19.1 Å². The van der Waals surface area contributed by atoms with Gasteiger partial charge < -0.3 is 19.2 Å². The van der Waals surface area contributed by atoms with E-state index in [0.717, 1.165) is 23.7 Å². The first kappa shape index (κ1) is 33.6. The molecule has 43 heavy (non-hydrogen) atoms. The summed E-state index contributed by atoms with van der Waals surface area (Å²) in [4.78, 5) is 51.6. The number of alkyl carbamates (subject to hydrolysis) is 1. The average Bonchev–Trinajstić information content (AvgIpc) is 3.17. The lowest BCUT2D eigenvalue weighted by atomic mass is 9.44. The van der Waals surface area contributed by atoms with Gasteiger partial charge in [-0.25, -0.2) is 9.18 Å². The summed E-state index contributed by atoms with van der Waals surface area (Å²) < 4.78 is 37.2. The fraction of sp³-hybridized carbons (Fsp3) is 0.758. The minimum Gasteiger partial charge on any atom is -0.458 e. The monoisotopic (exact) mass is 619 g/mol. The van der Waals surface area contributed by atoms with Gasteiger partial charge in [-0.15, -0.1) is 0 Å². The highest BCUT2D eigenvalue weighted by molar-refractivity contribution is 6.73. The van der Waals surface area contributed by atoms with Gasteiger partial charge in [0.05, 0.1) is 6.10 Å². The first-order valence-electron chi connectivity index (χ1n) is 16.1. The van der Waals surface area contributed by atoms with Crippen LogP contribution in [0.1, 0.15) is 81.1 Å². The van der Waals surface area contributed by atoms with E-state index in [4.69, 9.17) is 13.9 Å². The number of carbonyl (C=O) groups is 4. The summed E-state index contributed by atoms with van der Waals surface area (Å²) in [7, 11) is -2.40. The maximum absolute atomic E-state index is 18.7. The van der Waals surface area contributed by atoms with Crippen LogP contribution >= 0.6 is 0 Å². The van der Waals surface area contributed by atoms with Crippen LogP contribution in [0.4, 0.5) is 9.18 Å². The van der Waals surface area contributed by atoms with Crippen LogP contribution in [0.15, 0.2) is 23.8 Å². The zero-order valence-corrected chi connectivity index (χ0v) is 28.1. The third-order valence-electron chi connectivity index (χ3n) is 11.9. The SMILES string of the molecule is CCNC(=O)O[C@]1(C(=O)COC(C)=O)[C@@H](C)C[C@H]2[C@@H]3CCC4=CC(=O)C=C[C@]4(C)[C@@]3(F)[C@@H](O[Si](CC)(CC)CC)C[C@@]21C. The van der Waals surface area contributed by atoms with Gasteiger partial charge in [0.15, 0.2) is 32.0 Å². The van der Waals surface area contributed by atoms with E-state index in [9.17, 15) is 19.2 Å². The molecule has 0 heterocycles. The fourth-order valence-electron chi connectivity index (χ4n) is 9.39. The number of amides is 1. The summed E-state index contributed by atoms with van der Waals surface area (Å²) >= 11 is 0. The van der Waals surface area contributed by atoms with E-state index in [0.29, 0.717) is 25.8 Å². The molecule has 0 aromatic carbocycles. The summed E-state index contributed by atoms with van der Waals surface area (Å²) in [6.45, 7) is 14.8. The molecule has 4 aliphatic carbocycles. The summed E-state index contributed by atoms with van der Waals surface area (Å²) in [6, 6.07) is 2.44. The van der Waals surface area contributed by atoms with Crippen molar-refractivity contribution in [2.45, 2.75) is 117 Å². The largest absolute Gasteiger partial charge is 0.458 e. The third kappa shape index (κ3) is 4.95. The number of ether oxygens (including phenoxy) is 2. The Labute approximate surface area is 256 Å². The number of halogens is 1. The van der Waals surface area contributed by atoms with Gasteiger partial charge in [0, 0.05) is 36.1 Å². The topological polar surface area (TPSA) is 108 Å². The van der Waals surface area contributed by atoms with Crippen LogP contribution in [0.5, 0.6) is 0 Å². The molecular weight excluding hydrogens is 569 g/mol. The van der Waals surface area contributed by atoms with Gasteiger partial charge in [-0.3, -0.25) is 14.4 Å². The van der Waals surface area contributed by atoms with E-state index in [2.05, 4.69) is 26.1 Å². The van der Waals surface area contributed by atoms with Crippen molar-refractivity contribution in [1.82, 2.24) is 5.32 Å². The van der Waals surface area contributed by atoms with E-state index in [-0.39, 0.29) is 18.1 Å². The molecule has 8 nitrogen and oxygen atoms in total. The van der Waals surface area contributed by atoms with Gasteiger partial charge in [-0.1, -0.05) is 46.3 Å². The van der Waals surface area contributed by atoms with Gasteiger partial charge in [0.25, 0.3) is 0 Å². The third-order valence-corrected chi connectivity index (χ3v) is 16.5. The Morgan fingerprint density at radius 2 is 1.74 bits per heavy atom. The van der Waals surface area contributed by atoms with Gasteiger partial charge in [-0.2, -0.15) is 0 Å². The van der Waals surface area contributed by atoms with Gasteiger partial charge in [0.1, 0.15) is 0 Å². The van der Waals surface area contributed by atoms with Crippen LogP contribution in [-0.4, -0.2) is 62.5 Å². The van der Waals surface area contributed by atoms with Crippen LogP contribution in [0.25, 0.3) is 0 Å². The maximum atomic E-state index is 18.7. The number of fused-ring (bicyclic) bond motifs is 5. The molecule has 240 valence electrons. The molecule has 0 aromatic rings. The van der Waals surface area contributed by atoms with Crippen LogP contribution in [0.2, 0.25) is 18.1 Å². The number of nitrogens with one attached hydrogen (secondary N) is 1. The number of carbonyl (C=O) groups excluding carboxylic acids is 4. The smallest absolute Gasteiger partial charge is 0.408 e. The number of esters is 1. The van der Waals surface area contributed by atoms with Crippen molar-refractivity contribution >= 4 is 31.9 Å². The Morgan fingerprint density at radius 1 is 1.09 bits per heavy atom. The second-order valence-electron chi connectivity index (χ2n) is 13.6.